The van der Waals surface area contributed by atoms with Crippen LogP contribution in [0.15, 0.2) is 47.4 Å². The molecule has 0 bridgehead atoms. The topological polar surface area (TPSA) is 58.2 Å². The summed E-state index contributed by atoms with van der Waals surface area (Å²) in [6, 6.07) is 12.8. The number of carbonyl (C=O) groups excluding carboxylic acids is 2. The van der Waals surface area contributed by atoms with Crippen LogP contribution in [-0.4, -0.2) is 17.6 Å². The van der Waals surface area contributed by atoms with Crippen LogP contribution < -0.4 is 10.6 Å². The maximum atomic E-state index is 12.1. The Balaban J connectivity index is 2.00. The minimum absolute atomic E-state index is 0.127. The summed E-state index contributed by atoms with van der Waals surface area (Å²) in [5.41, 5.74) is 2.25. The average molecular weight is 349 g/mol. The Labute approximate surface area is 144 Å². The molecule has 2 N–H and O–H groups in total. The van der Waals surface area contributed by atoms with Crippen molar-refractivity contribution in [1.82, 2.24) is 0 Å². The van der Waals surface area contributed by atoms with E-state index < -0.39 is 0 Å². The van der Waals surface area contributed by atoms with Gasteiger partial charge in [0.1, 0.15) is 0 Å². The van der Waals surface area contributed by atoms with E-state index >= 15 is 0 Å². The molecular weight excluding hydrogens is 332 g/mol. The summed E-state index contributed by atoms with van der Waals surface area (Å²) in [6.45, 7) is 3.31. The molecule has 0 aliphatic carbocycles. The molecule has 4 nitrogen and oxygen atoms in total. The van der Waals surface area contributed by atoms with Crippen molar-refractivity contribution in [2.75, 3.05) is 16.4 Å². The van der Waals surface area contributed by atoms with Crippen LogP contribution in [-0.2, 0) is 9.59 Å². The summed E-state index contributed by atoms with van der Waals surface area (Å²) in [7, 11) is 0. The Hall–Kier alpha value is -1.98. The number of hydrogen-bond donors (Lipinski definition) is 2. The van der Waals surface area contributed by atoms with Gasteiger partial charge in [0.25, 0.3) is 0 Å². The molecule has 2 amide bonds. The molecule has 6 heteroatoms. The molecule has 0 atom stereocenters. The van der Waals surface area contributed by atoms with E-state index in [1.165, 1.54) is 18.7 Å². The van der Waals surface area contributed by atoms with E-state index in [2.05, 4.69) is 10.6 Å². The first-order chi connectivity index (χ1) is 11.0. The Morgan fingerprint density at radius 1 is 1.04 bits per heavy atom. The number of nitrogens with one attached hydrogen (secondary N) is 2. The van der Waals surface area contributed by atoms with Crippen LogP contribution in [0.25, 0.3) is 0 Å². The zero-order valence-corrected chi connectivity index (χ0v) is 14.4. The summed E-state index contributed by atoms with van der Waals surface area (Å²) >= 11 is 7.41. The highest BCUT2D eigenvalue weighted by molar-refractivity contribution is 8.00. The maximum absolute atomic E-state index is 12.1. The maximum Gasteiger partial charge on any atom is 0.234 e. The molecule has 2 aromatic rings. The van der Waals surface area contributed by atoms with E-state index in [9.17, 15) is 9.59 Å². The normalized spacial score (nSPS) is 10.2. The zero-order chi connectivity index (χ0) is 16.8. The Morgan fingerprint density at radius 3 is 2.48 bits per heavy atom. The van der Waals surface area contributed by atoms with Crippen molar-refractivity contribution in [2.45, 2.75) is 18.7 Å². The number of para-hydroxylation sites is 1. The molecule has 0 saturated heterocycles. The molecule has 0 spiro atoms. The molecule has 0 aliphatic rings. The number of anilines is 2. The van der Waals surface area contributed by atoms with E-state index in [4.69, 9.17) is 11.6 Å². The molecule has 0 aliphatic heterocycles. The molecule has 0 saturated carbocycles. The molecular formula is C17H17ClN2O2S. The fourth-order valence-electron chi connectivity index (χ4n) is 1.96. The van der Waals surface area contributed by atoms with Crippen LogP contribution in [0.5, 0.6) is 0 Å². The van der Waals surface area contributed by atoms with E-state index in [1.807, 2.05) is 37.3 Å². The van der Waals surface area contributed by atoms with Gasteiger partial charge in [0.05, 0.1) is 11.4 Å². The highest BCUT2D eigenvalue weighted by Crippen LogP contribution is 2.28. The first-order valence-corrected chi connectivity index (χ1v) is 8.38. The molecule has 0 unspecified atom stereocenters. The lowest BCUT2D eigenvalue weighted by atomic mass is 10.2. The van der Waals surface area contributed by atoms with Crippen LogP contribution in [0.3, 0.4) is 0 Å². The lowest BCUT2D eigenvalue weighted by Crippen LogP contribution is -2.15. The predicted molar refractivity (Wildman–Crippen MR) is 96.3 cm³/mol. The number of rotatable bonds is 5. The largest absolute Gasteiger partial charge is 0.325 e. The van der Waals surface area contributed by atoms with Crippen molar-refractivity contribution in [3.63, 3.8) is 0 Å². The molecule has 120 valence electrons. The van der Waals surface area contributed by atoms with Gasteiger partial charge in [-0.25, -0.2) is 0 Å². The minimum atomic E-state index is -0.142. The number of halogens is 1. The van der Waals surface area contributed by atoms with Gasteiger partial charge >= 0.3 is 0 Å². The number of thioether (sulfide) groups is 1. The van der Waals surface area contributed by atoms with E-state index in [-0.39, 0.29) is 17.6 Å². The summed E-state index contributed by atoms with van der Waals surface area (Å²) in [5.74, 6) is -0.0298. The van der Waals surface area contributed by atoms with Crippen LogP contribution in [0.1, 0.15) is 12.5 Å². The lowest BCUT2D eigenvalue weighted by Gasteiger charge is -2.11. The summed E-state index contributed by atoms with van der Waals surface area (Å²) < 4.78 is 0. The smallest absolute Gasteiger partial charge is 0.234 e. The number of hydrogen-bond acceptors (Lipinski definition) is 3. The van der Waals surface area contributed by atoms with Gasteiger partial charge in [0.15, 0.2) is 0 Å². The second-order valence-electron chi connectivity index (χ2n) is 4.93. The van der Waals surface area contributed by atoms with Crippen molar-refractivity contribution in [2.24, 2.45) is 0 Å². The van der Waals surface area contributed by atoms with Gasteiger partial charge in [-0.05, 0) is 36.8 Å². The second-order valence-corrected chi connectivity index (χ2v) is 6.35. The molecule has 0 heterocycles. The van der Waals surface area contributed by atoms with Gasteiger partial charge in [-0.3, -0.25) is 9.59 Å². The van der Waals surface area contributed by atoms with E-state index in [0.29, 0.717) is 16.4 Å². The lowest BCUT2D eigenvalue weighted by molar-refractivity contribution is -0.114. The van der Waals surface area contributed by atoms with Crippen molar-refractivity contribution in [3.05, 3.63) is 53.1 Å². The van der Waals surface area contributed by atoms with Crippen molar-refractivity contribution in [3.8, 4) is 0 Å². The average Bonchev–Trinajstić information content (AvgIpc) is 2.50. The van der Waals surface area contributed by atoms with Crippen molar-refractivity contribution >= 4 is 46.6 Å². The number of benzene rings is 2. The predicted octanol–water partition coefficient (Wildman–Crippen LogP) is 4.34. The highest BCUT2D eigenvalue weighted by Gasteiger charge is 2.09. The molecule has 2 aromatic carbocycles. The quantitative estimate of drug-likeness (QED) is 0.790. The Bertz CT molecular complexity index is 734. The SMILES string of the molecule is CC(=O)Nc1ccccc1SCC(=O)Nc1cccc(Cl)c1C. The third-order valence-corrected chi connectivity index (χ3v) is 4.58. The summed E-state index contributed by atoms with van der Waals surface area (Å²) in [4.78, 5) is 24.2. The van der Waals surface area contributed by atoms with Gasteiger partial charge in [-0.1, -0.05) is 29.8 Å². The van der Waals surface area contributed by atoms with Crippen LogP contribution in [0.4, 0.5) is 11.4 Å². The molecule has 0 radical (unpaired) electrons. The minimum Gasteiger partial charge on any atom is -0.325 e. The van der Waals surface area contributed by atoms with Crippen LogP contribution in [0, 0.1) is 6.92 Å². The third-order valence-electron chi connectivity index (χ3n) is 3.10. The number of carbonyl (C=O) groups is 2. The molecule has 0 aromatic heterocycles. The van der Waals surface area contributed by atoms with E-state index in [1.54, 1.807) is 12.1 Å². The van der Waals surface area contributed by atoms with Gasteiger partial charge in [0, 0.05) is 22.5 Å². The monoisotopic (exact) mass is 348 g/mol. The second kappa shape index (κ2) is 8.04. The first-order valence-electron chi connectivity index (χ1n) is 7.01. The standard InChI is InChI=1S/C17H17ClN2O2S/c1-11-13(18)6-5-8-14(11)20-17(22)10-23-16-9-4-3-7-15(16)19-12(2)21/h3-9H,10H2,1-2H3,(H,19,21)(H,20,22). The van der Waals surface area contributed by atoms with Gasteiger partial charge in [0.2, 0.25) is 11.8 Å². The van der Waals surface area contributed by atoms with E-state index in [0.717, 1.165) is 10.5 Å². The Morgan fingerprint density at radius 2 is 1.74 bits per heavy atom. The summed E-state index contributed by atoms with van der Waals surface area (Å²) in [5, 5.41) is 6.22. The highest BCUT2D eigenvalue weighted by atomic mass is 35.5. The van der Waals surface area contributed by atoms with Crippen molar-refractivity contribution < 1.29 is 9.59 Å². The molecule has 23 heavy (non-hydrogen) atoms. The van der Waals surface area contributed by atoms with Crippen LogP contribution >= 0.6 is 23.4 Å². The zero-order valence-electron chi connectivity index (χ0n) is 12.9. The fraction of sp³-hybridized carbons (Fsp3) is 0.176. The number of amides is 2. The van der Waals surface area contributed by atoms with Gasteiger partial charge in [-0.15, -0.1) is 11.8 Å². The van der Waals surface area contributed by atoms with Crippen LogP contribution in [0.2, 0.25) is 5.02 Å². The van der Waals surface area contributed by atoms with Gasteiger partial charge < -0.3 is 10.6 Å². The molecule has 2 rings (SSSR count). The fourth-order valence-corrected chi connectivity index (χ4v) is 2.94. The van der Waals surface area contributed by atoms with Crippen molar-refractivity contribution in [1.29, 1.82) is 0 Å². The summed E-state index contributed by atoms with van der Waals surface area (Å²) in [6.07, 6.45) is 0. The molecule has 0 fully saturated rings. The van der Waals surface area contributed by atoms with Gasteiger partial charge in [-0.2, -0.15) is 0 Å². The Kier molecular flexibility index (Phi) is 6.07. The third kappa shape index (κ3) is 5.01. The first kappa shape index (κ1) is 17.4.